The molecule has 134 valence electrons. The first-order valence-corrected chi connectivity index (χ1v) is 8.55. The summed E-state index contributed by atoms with van der Waals surface area (Å²) >= 11 is 0. The average molecular weight is 350 g/mol. The summed E-state index contributed by atoms with van der Waals surface area (Å²) in [5.74, 6) is -0.232. The van der Waals surface area contributed by atoms with Crippen LogP contribution in [-0.2, 0) is 4.79 Å². The van der Waals surface area contributed by atoms with Gasteiger partial charge in [0, 0.05) is 25.5 Å². The molecule has 1 aromatic heterocycles. The Kier molecular flexibility index (Phi) is 5.02. The van der Waals surface area contributed by atoms with Crippen LogP contribution in [0.4, 0.5) is 11.4 Å². The zero-order valence-corrected chi connectivity index (χ0v) is 15.1. The Bertz CT molecular complexity index is 977. The van der Waals surface area contributed by atoms with Gasteiger partial charge in [-0.25, -0.2) is 4.98 Å². The Hall–Kier alpha value is -3.15. The highest BCUT2D eigenvalue weighted by atomic mass is 16.2. The Morgan fingerprint density at radius 3 is 2.50 bits per heavy atom. The van der Waals surface area contributed by atoms with E-state index in [9.17, 15) is 9.59 Å². The molecule has 0 fully saturated rings. The Balaban J connectivity index is 1.87. The lowest BCUT2D eigenvalue weighted by molar-refractivity contribution is -0.119. The van der Waals surface area contributed by atoms with Crippen molar-refractivity contribution in [2.75, 3.05) is 24.3 Å². The minimum absolute atomic E-state index is 0.208. The quantitative estimate of drug-likeness (QED) is 0.768. The zero-order valence-electron chi connectivity index (χ0n) is 15.1. The SMILES string of the molecule is CC[C@H](C(=O)Nc1ccc(N(C)C)cc1)n1cnc2ccccc2c1=O. The summed E-state index contributed by atoms with van der Waals surface area (Å²) in [5, 5.41) is 3.40. The van der Waals surface area contributed by atoms with Crippen molar-refractivity contribution >= 4 is 28.2 Å². The fourth-order valence-corrected chi connectivity index (χ4v) is 2.88. The minimum Gasteiger partial charge on any atom is -0.378 e. The van der Waals surface area contributed by atoms with Crippen molar-refractivity contribution in [2.45, 2.75) is 19.4 Å². The highest BCUT2D eigenvalue weighted by Crippen LogP contribution is 2.18. The minimum atomic E-state index is -0.617. The molecule has 0 radical (unpaired) electrons. The molecule has 26 heavy (non-hydrogen) atoms. The van der Waals surface area contributed by atoms with Crippen molar-refractivity contribution in [1.82, 2.24) is 9.55 Å². The lowest BCUT2D eigenvalue weighted by Crippen LogP contribution is -2.33. The van der Waals surface area contributed by atoms with Crippen LogP contribution in [0.2, 0.25) is 0 Å². The lowest BCUT2D eigenvalue weighted by atomic mass is 10.1. The molecule has 1 atom stereocenters. The van der Waals surface area contributed by atoms with E-state index in [2.05, 4.69) is 10.3 Å². The summed E-state index contributed by atoms with van der Waals surface area (Å²) in [6, 6.07) is 14.1. The van der Waals surface area contributed by atoms with Gasteiger partial charge in [-0.2, -0.15) is 0 Å². The number of aromatic nitrogens is 2. The van der Waals surface area contributed by atoms with Crippen molar-refractivity contribution in [1.29, 1.82) is 0 Å². The number of nitrogens with one attached hydrogen (secondary N) is 1. The summed E-state index contributed by atoms with van der Waals surface area (Å²) < 4.78 is 1.41. The average Bonchev–Trinajstić information content (AvgIpc) is 2.65. The van der Waals surface area contributed by atoms with E-state index < -0.39 is 6.04 Å². The van der Waals surface area contributed by atoms with E-state index in [1.807, 2.05) is 56.3 Å². The Morgan fingerprint density at radius 1 is 1.15 bits per heavy atom. The molecule has 6 heteroatoms. The van der Waals surface area contributed by atoms with Crippen LogP contribution in [0, 0.1) is 0 Å². The van der Waals surface area contributed by atoms with E-state index in [1.165, 1.54) is 10.9 Å². The number of hydrogen-bond donors (Lipinski definition) is 1. The molecule has 0 aliphatic carbocycles. The van der Waals surface area contributed by atoms with E-state index >= 15 is 0 Å². The van der Waals surface area contributed by atoms with Gasteiger partial charge in [0.05, 0.1) is 17.2 Å². The van der Waals surface area contributed by atoms with Gasteiger partial charge in [0.2, 0.25) is 5.91 Å². The number of fused-ring (bicyclic) bond motifs is 1. The molecule has 0 aliphatic rings. The maximum Gasteiger partial charge on any atom is 0.261 e. The maximum atomic E-state index is 12.7. The summed E-state index contributed by atoms with van der Waals surface area (Å²) in [4.78, 5) is 31.8. The lowest BCUT2D eigenvalue weighted by Gasteiger charge is -2.18. The molecule has 0 bridgehead atoms. The molecule has 1 amide bonds. The maximum absolute atomic E-state index is 12.7. The molecule has 0 unspecified atom stereocenters. The predicted octanol–water partition coefficient (Wildman–Crippen LogP) is 3.05. The van der Waals surface area contributed by atoms with Crippen LogP contribution in [0.25, 0.3) is 10.9 Å². The van der Waals surface area contributed by atoms with Gasteiger partial charge in [-0.1, -0.05) is 19.1 Å². The Labute approximate surface area is 152 Å². The molecule has 1 heterocycles. The van der Waals surface area contributed by atoms with Gasteiger partial charge in [0.25, 0.3) is 5.56 Å². The number of benzene rings is 2. The van der Waals surface area contributed by atoms with Gasteiger partial charge in [0.15, 0.2) is 0 Å². The third-order valence-corrected chi connectivity index (χ3v) is 4.37. The van der Waals surface area contributed by atoms with E-state index in [0.29, 0.717) is 23.0 Å². The van der Waals surface area contributed by atoms with Gasteiger partial charge in [-0.3, -0.25) is 14.2 Å². The van der Waals surface area contributed by atoms with E-state index in [1.54, 1.807) is 18.2 Å². The normalized spacial score (nSPS) is 12.0. The number of anilines is 2. The molecule has 0 saturated carbocycles. The van der Waals surface area contributed by atoms with Crippen LogP contribution in [0.15, 0.2) is 59.7 Å². The summed E-state index contributed by atoms with van der Waals surface area (Å²) in [6.07, 6.45) is 1.94. The number of nitrogens with zero attached hydrogens (tertiary/aromatic N) is 3. The highest BCUT2D eigenvalue weighted by molar-refractivity contribution is 5.94. The molecular weight excluding hydrogens is 328 g/mol. The van der Waals surface area contributed by atoms with Gasteiger partial charge in [-0.05, 0) is 42.8 Å². The number of rotatable bonds is 5. The van der Waals surface area contributed by atoms with Crippen LogP contribution < -0.4 is 15.8 Å². The summed E-state index contributed by atoms with van der Waals surface area (Å²) in [6.45, 7) is 1.88. The predicted molar refractivity (Wildman–Crippen MR) is 105 cm³/mol. The number of carbonyl (C=O) groups is 1. The fraction of sp³-hybridized carbons (Fsp3) is 0.250. The van der Waals surface area contributed by atoms with Gasteiger partial charge in [-0.15, -0.1) is 0 Å². The summed E-state index contributed by atoms with van der Waals surface area (Å²) in [5.41, 5.74) is 2.16. The van der Waals surface area contributed by atoms with Gasteiger partial charge >= 0.3 is 0 Å². The van der Waals surface area contributed by atoms with Crippen molar-refractivity contribution in [3.63, 3.8) is 0 Å². The largest absolute Gasteiger partial charge is 0.378 e. The standard InChI is InChI=1S/C20H22N4O2/c1-4-18(19(25)22-14-9-11-15(12-10-14)23(2)3)24-13-21-17-8-6-5-7-16(17)20(24)26/h5-13,18H,4H2,1-3H3,(H,22,25)/t18-/m1/s1. The van der Waals surface area contributed by atoms with Crippen LogP contribution in [0.1, 0.15) is 19.4 Å². The first-order chi connectivity index (χ1) is 12.5. The molecule has 1 N–H and O–H groups in total. The second-order valence-corrected chi connectivity index (χ2v) is 6.33. The van der Waals surface area contributed by atoms with Crippen LogP contribution in [0.5, 0.6) is 0 Å². The zero-order chi connectivity index (χ0) is 18.7. The molecule has 3 rings (SSSR count). The summed E-state index contributed by atoms with van der Waals surface area (Å²) in [7, 11) is 3.92. The highest BCUT2D eigenvalue weighted by Gasteiger charge is 2.21. The molecule has 0 spiro atoms. The number of para-hydroxylation sites is 1. The monoisotopic (exact) mass is 350 g/mol. The van der Waals surface area contributed by atoms with Crippen LogP contribution in [0.3, 0.4) is 0 Å². The molecular formula is C20H22N4O2. The van der Waals surface area contributed by atoms with Gasteiger partial charge < -0.3 is 10.2 Å². The van der Waals surface area contributed by atoms with Crippen molar-refractivity contribution < 1.29 is 4.79 Å². The smallest absolute Gasteiger partial charge is 0.261 e. The Morgan fingerprint density at radius 2 is 1.85 bits per heavy atom. The van der Waals surface area contributed by atoms with E-state index in [-0.39, 0.29) is 11.5 Å². The first-order valence-electron chi connectivity index (χ1n) is 8.55. The molecule has 3 aromatic rings. The van der Waals surface area contributed by atoms with Crippen LogP contribution >= 0.6 is 0 Å². The van der Waals surface area contributed by atoms with Crippen LogP contribution in [-0.4, -0.2) is 29.6 Å². The third kappa shape index (κ3) is 3.44. The first kappa shape index (κ1) is 17.7. The van der Waals surface area contributed by atoms with Crippen molar-refractivity contribution in [2.24, 2.45) is 0 Å². The second-order valence-electron chi connectivity index (χ2n) is 6.33. The molecule has 0 saturated heterocycles. The van der Waals surface area contributed by atoms with E-state index in [4.69, 9.17) is 0 Å². The topological polar surface area (TPSA) is 67.2 Å². The number of carbonyl (C=O) groups excluding carboxylic acids is 1. The van der Waals surface area contributed by atoms with Crippen molar-refractivity contribution in [3.8, 4) is 0 Å². The van der Waals surface area contributed by atoms with Crippen molar-refractivity contribution in [3.05, 3.63) is 65.2 Å². The second kappa shape index (κ2) is 7.39. The molecule has 0 aliphatic heterocycles. The van der Waals surface area contributed by atoms with E-state index in [0.717, 1.165) is 5.69 Å². The number of hydrogen-bond acceptors (Lipinski definition) is 4. The third-order valence-electron chi connectivity index (χ3n) is 4.37. The van der Waals surface area contributed by atoms with Gasteiger partial charge in [0.1, 0.15) is 6.04 Å². The molecule has 2 aromatic carbocycles. The fourth-order valence-electron chi connectivity index (χ4n) is 2.88. The number of amides is 1. The molecule has 6 nitrogen and oxygen atoms in total.